The molecule has 23 heavy (non-hydrogen) atoms. The number of esters is 1. The van der Waals surface area contributed by atoms with Crippen molar-refractivity contribution >= 4 is 31.3 Å². The van der Waals surface area contributed by atoms with E-state index in [4.69, 9.17) is 13.7 Å². The van der Waals surface area contributed by atoms with Crippen LogP contribution in [0.1, 0.15) is 19.4 Å². The Balaban J connectivity index is 3.09. The van der Waals surface area contributed by atoms with E-state index in [9.17, 15) is 9.36 Å². The number of rotatable bonds is 9. The Morgan fingerprint density at radius 1 is 1.17 bits per heavy atom. The molecule has 0 radical (unpaired) electrons. The summed E-state index contributed by atoms with van der Waals surface area (Å²) >= 11 is 1.56. The lowest BCUT2D eigenvalue weighted by atomic mass is 10.1. The number of benzene rings is 1. The van der Waals surface area contributed by atoms with E-state index in [2.05, 4.69) is 9.89 Å². The number of carbonyl (C=O) groups is 1. The molecule has 9 heteroatoms. The van der Waals surface area contributed by atoms with E-state index in [-0.39, 0.29) is 18.9 Å². The predicted octanol–water partition coefficient (Wildman–Crippen LogP) is 3.48. The topological polar surface area (TPSA) is 83.4 Å². The zero-order valence-corrected chi connectivity index (χ0v) is 15.2. The van der Waals surface area contributed by atoms with Gasteiger partial charge in [-0.05, 0) is 32.2 Å². The standard InChI is InChI=1S/C14H20NO6PS/c1-5-19-22(17,20-6-2)21-15-13(14(16)18-3)11-7-9-12(23-4)10-8-11/h7-10H,5-6H2,1-4H3/b15-13-. The summed E-state index contributed by atoms with van der Waals surface area (Å²) in [5, 5.41) is 3.65. The van der Waals surface area contributed by atoms with Crippen LogP contribution in [0.2, 0.25) is 0 Å². The Morgan fingerprint density at radius 2 is 1.74 bits per heavy atom. The second-order valence-electron chi connectivity index (χ2n) is 4.02. The predicted molar refractivity (Wildman–Crippen MR) is 88.7 cm³/mol. The first kappa shape index (κ1) is 19.7. The van der Waals surface area contributed by atoms with Crippen molar-refractivity contribution in [2.45, 2.75) is 18.7 Å². The van der Waals surface area contributed by atoms with Crippen molar-refractivity contribution in [3.05, 3.63) is 29.8 Å². The van der Waals surface area contributed by atoms with Gasteiger partial charge in [0.2, 0.25) is 0 Å². The molecular weight excluding hydrogens is 341 g/mol. The zero-order chi connectivity index (χ0) is 17.3. The Bertz CT molecular complexity index is 579. The number of methoxy groups -OCH3 is 1. The average molecular weight is 361 g/mol. The molecule has 0 saturated heterocycles. The summed E-state index contributed by atoms with van der Waals surface area (Å²) in [6.45, 7) is 3.51. The zero-order valence-electron chi connectivity index (χ0n) is 13.5. The maximum atomic E-state index is 12.2. The normalized spacial score (nSPS) is 12.1. The average Bonchev–Trinajstić information content (AvgIpc) is 2.55. The van der Waals surface area contributed by atoms with Crippen LogP contribution in [0.25, 0.3) is 0 Å². The molecule has 0 unspecified atom stereocenters. The van der Waals surface area contributed by atoms with Gasteiger partial charge in [0, 0.05) is 10.5 Å². The van der Waals surface area contributed by atoms with E-state index < -0.39 is 13.8 Å². The molecule has 0 saturated carbocycles. The van der Waals surface area contributed by atoms with Gasteiger partial charge in [0.25, 0.3) is 0 Å². The maximum absolute atomic E-state index is 12.2. The fourth-order valence-corrected chi connectivity index (χ4v) is 2.94. The van der Waals surface area contributed by atoms with Crippen molar-refractivity contribution in [2.24, 2.45) is 5.16 Å². The van der Waals surface area contributed by atoms with Crippen molar-refractivity contribution < 1.29 is 27.8 Å². The molecule has 128 valence electrons. The highest BCUT2D eigenvalue weighted by Crippen LogP contribution is 2.49. The molecule has 0 atom stereocenters. The highest BCUT2D eigenvalue weighted by Gasteiger charge is 2.28. The van der Waals surface area contributed by atoms with Crippen molar-refractivity contribution in [2.75, 3.05) is 26.6 Å². The molecular formula is C14H20NO6PS. The molecule has 0 aromatic heterocycles. The summed E-state index contributed by atoms with van der Waals surface area (Å²) < 4.78 is 31.7. The van der Waals surface area contributed by atoms with Gasteiger partial charge >= 0.3 is 13.8 Å². The molecule has 7 nitrogen and oxygen atoms in total. The second kappa shape index (κ2) is 9.72. The third kappa shape index (κ3) is 5.99. The van der Waals surface area contributed by atoms with Gasteiger partial charge in [-0.15, -0.1) is 11.8 Å². The lowest BCUT2D eigenvalue weighted by Crippen LogP contribution is -2.17. The van der Waals surface area contributed by atoms with Crippen LogP contribution in [0.15, 0.2) is 34.3 Å². The van der Waals surface area contributed by atoms with Gasteiger partial charge in [0.15, 0.2) is 5.71 Å². The molecule has 0 spiro atoms. The number of phosphoric ester groups is 1. The SMILES string of the molecule is CCOP(=O)(OCC)O/N=C(\C(=O)OC)c1ccc(SC)cc1. The highest BCUT2D eigenvalue weighted by molar-refractivity contribution is 7.98. The molecule has 0 aliphatic heterocycles. The van der Waals surface area contributed by atoms with Crippen molar-refractivity contribution in [1.82, 2.24) is 0 Å². The summed E-state index contributed by atoms with van der Waals surface area (Å²) in [6, 6.07) is 7.03. The number of carbonyl (C=O) groups excluding carboxylic acids is 1. The van der Waals surface area contributed by atoms with E-state index in [1.54, 1.807) is 37.7 Å². The molecule has 0 heterocycles. The molecule has 1 aromatic rings. The molecule has 0 amide bonds. The van der Waals surface area contributed by atoms with Gasteiger partial charge in [-0.25, -0.2) is 9.36 Å². The first-order valence-corrected chi connectivity index (χ1v) is 9.56. The number of nitrogens with zero attached hydrogens (tertiary/aromatic N) is 1. The summed E-state index contributed by atoms with van der Waals surface area (Å²) in [5.41, 5.74) is 0.342. The van der Waals surface area contributed by atoms with E-state index in [0.717, 1.165) is 4.90 Å². The lowest BCUT2D eigenvalue weighted by molar-refractivity contribution is -0.132. The quantitative estimate of drug-likeness (QED) is 0.219. The van der Waals surface area contributed by atoms with Gasteiger partial charge in [0.1, 0.15) is 0 Å². The Morgan fingerprint density at radius 3 is 2.17 bits per heavy atom. The van der Waals surface area contributed by atoms with E-state index in [1.165, 1.54) is 7.11 Å². The Labute approximate surface area is 139 Å². The van der Waals surface area contributed by atoms with Crippen molar-refractivity contribution in [3.8, 4) is 0 Å². The summed E-state index contributed by atoms with van der Waals surface area (Å²) in [5.74, 6) is -0.721. The van der Waals surface area contributed by atoms with Crippen LogP contribution in [0.5, 0.6) is 0 Å². The Kier molecular flexibility index (Phi) is 8.33. The number of ether oxygens (including phenoxy) is 1. The van der Waals surface area contributed by atoms with Crippen LogP contribution >= 0.6 is 19.6 Å². The van der Waals surface area contributed by atoms with E-state index in [0.29, 0.717) is 5.56 Å². The highest BCUT2D eigenvalue weighted by atomic mass is 32.2. The number of hydrogen-bond acceptors (Lipinski definition) is 8. The van der Waals surface area contributed by atoms with Crippen LogP contribution in [0.3, 0.4) is 0 Å². The van der Waals surface area contributed by atoms with Crippen LogP contribution in [0, 0.1) is 0 Å². The third-order valence-electron chi connectivity index (χ3n) is 2.55. The van der Waals surface area contributed by atoms with Gasteiger partial charge in [-0.3, -0.25) is 13.7 Å². The number of oxime groups is 1. The second-order valence-corrected chi connectivity index (χ2v) is 6.48. The van der Waals surface area contributed by atoms with Crippen LogP contribution in [-0.2, 0) is 27.8 Å². The molecule has 1 aromatic carbocycles. The van der Waals surface area contributed by atoms with Crippen molar-refractivity contribution in [3.63, 3.8) is 0 Å². The van der Waals surface area contributed by atoms with Gasteiger partial charge < -0.3 is 4.74 Å². The minimum absolute atomic E-state index is 0.114. The van der Waals surface area contributed by atoms with Crippen LogP contribution in [0.4, 0.5) is 0 Å². The maximum Gasteiger partial charge on any atom is 0.550 e. The number of thioether (sulfide) groups is 1. The van der Waals surface area contributed by atoms with Gasteiger partial charge in [-0.1, -0.05) is 17.3 Å². The molecule has 0 bridgehead atoms. The first-order chi connectivity index (χ1) is 11.0. The van der Waals surface area contributed by atoms with E-state index >= 15 is 0 Å². The monoisotopic (exact) mass is 361 g/mol. The Hall–Kier alpha value is -1.34. The molecule has 0 aliphatic carbocycles. The van der Waals surface area contributed by atoms with E-state index in [1.807, 2.05) is 18.4 Å². The minimum atomic E-state index is -3.86. The number of hydrogen-bond donors (Lipinski definition) is 0. The van der Waals surface area contributed by atoms with Gasteiger partial charge in [-0.2, -0.15) is 0 Å². The van der Waals surface area contributed by atoms with Crippen molar-refractivity contribution in [1.29, 1.82) is 0 Å². The molecule has 0 aliphatic rings. The lowest BCUT2D eigenvalue weighted by Gasteiger charge is -2.13. The molecule has 1 rings (SSSR count). The minimum Gasteiger partial charge on any atom is -0.464 e. The van der Waals surface area contributed by atoms with Crippen LogP contribution in [-0.4, -0.2) is 38.3 Å². The van der Waals surface area contributed by atoms with Crippen LogP contribution < -0.4 is 0 Å². The molecule has 0 fully saturated rings. The smallest absolute Gasteiger partial charge is 0.464 e. The van der Waals surface area contributed by atoms with Gasteiger partial charge in [0.05, 0.1) is 20.3 Å². The fraction of sp³-hybridized carbons (Fsp3) is 0.429. The fourth-order valence-electron chi connectivity index (χ4n) is 1.54. The third-order valence-corrected chi connectivity index (χ3v) is 4.72. The number of phosphoric acid groups is 1. The largest absolute Gasteiger partial charge is 0.550 e. The summed E-state index contributed by atoms with van der Waals surface area (Å²) in [6.07, 6.45) is 1.94. The summed E-state index contributed by atoms with van der Waals surface area (Å²) in [7, 11) is -2.64. The summed E-state index contributed by atoms with van der Waals surface area (Å²) in [4.78, 5) is 12.9. The molecule has 0 N–H and O–H groups in total. The first-order valence-electron chi connectivity index (χ1n) is 6.88.